The van der Waals surface area contributed by atoms with Crippen LogP contribution in [0.5, 0.6) is 0 Å². The van der Waals surface area contributed by atoms with Gasteiger partial charge in [-0.3, -0.25) is 14.9 Å². The average Bonchev–Trinajstić information content (AvgIpc) is 3.11. The smallest absolute Gasteiger partial charge is 0.341 e. The fourth-order valence-corrected chi connectivity index (χ4v) is 3.79. The fourth-order valence-electron chi connectivity index (χ4n) is 2.69. The Morgan fingerprint density at radius 2 is 1.79 bits per heavy atom. The molecule has 0 aliphatic carbocycles. The largest absolute Gasteiger partial charge is 0.465 e. The number of carbonyl (C=O) groups is 2. The van der Waals surface area contributed by atoms with Crippen LogP contribution in [0.4, 0.5) is 10.7 Å². The van der Waals surface area contributed by atoms with E-state index in [9.17, 15) is 19.7 Å². The highest BCUT2D eigenvalue weighted by Gasteiger charge is 2.22. The number of halogens is 1. The van der Waals surface area contributed by atoms with E-state index < -0.39 is 10.9 Å². The molecule has 0 radical (unpaired) electrons. The Labute approximate surface area is 175 Å². The molecule has 0 aliphatic heterocycles. The van der Waals surface area contributed by atoms with Gasteiger partial charge >= 0.3 is 5.97 Å². The summed E-state index contributed by atoms with van der Waals surface area (Å²) in [6.45, 7) is 0. The number of methoxy groups -OCH3 is 1. The van der Waals surface area contributed by atoms with Gasteiger partial charge in [0.25, 0.3) is 5.69 Å². The van der Waals surface area contributed by atoms with Crippen LogP contribution < -0.4 is 5.32 Å². The maximum Gasteiger partial charge on any atom is 0.341 e. The number of anilines is 1. The Hall–Kier alpha value is -3.23. The summed E-state index contributed by atoms with van der Waals surface area (Å²) in [7, 11) is 1.27. The summed E-state index contributed by atoms with van der Waals surface area (Å²) in [6.07, 6.45) is 0.00673. The fraction of sp³-hybridized carbons (Fsp3) is 0.100. The first-order valence-corrected chi connectivity index (χ1v) is 9.63. The Morgan fingerprint density at radius 1 is 1.14 bits per heavy atom. The molecule has 148 valence electrons. The molecular formula is C20H15ClN2O5S. The Balaban J connectivity index is 1.82. The van der Waals surface area contributed by atoms with E-state index >= 15 is 0 Å². The van der Waals surface area contributed by atoms with Crippen molar-refractivity contribution in [1.29, 1.82) is 0 Å². The van der Waals surface area contributed by atoms with Gasteiger partial charge in [-0.2, -0.15) is 0 Å². The summed E-state index contributed by atoms with van der Waals surface area (Å²) in [5.74, 6) is -0.921. The van der Waals surface area contributed by atoms with Crippen molar-refractivity contribution >= 4 is 45.5 Å². The number of carbonyl (C=O) groups excluding carboxylic acids is 2. The van der Waals surface area contributed by atoms with E-state index in [0.717, 1.165) is 5.56 Å². The molecule has 9 heteroatoms. The quantitative estimate of drug-likeness (QED) is 0.339. The van der Waals surface area contributed by atoms with Crippen LogP contribution in [0.15, 0.2) is 53.9 Å². The molecule has 0 fully saturated rings. The van der Waals surface area contributed by atoms with Crippen molar-refractivity contribution in [3.8, 4) is 11.1 Å². The Bertz CT molecular complexity index is 1060. The molecule has 7 nitrogen and oxygen atoms in total. The van der Waals surface area contributed by atoms with Crippen molar-refractivity contribution in [2.75, 3.05) is 12.4 Å². The molecule has 0 unspecified atom stereocenters. The second-order valence-electron chi connectivity index (χ2n) is 6.00. The molecule has 1 N–H and O–H groups in total. The van der Waals surface area contributed by atoms with Gasteiger partial charge in [-0.15, -0.1) is 11.3 Å². The van der Waals surface area contributed by atoms with E-state index in [2.05, 4.69) is 5.32 Å². The monoisotopic (exact) mass is 430 g/mol. The third-order valence-corrected chi connectivity index (χ3v) is 5.25. The number of thiophene rings is 1. The van der Waals surface area contributed by atoms with Gasteiger partial charge < -0.3 is 10.1 Å². The van der Waals surface area contributed by atoms with Gasteiger partial charge in [-0.1, -0.05) is 35.9 Å². The van der Waals surface area contributed by atoms with E-state index in [0.29, 0.717) is 21.2 Å². The number of hydrogen-bond donors (Lipinski definition) is 1. The molecule has 0 saturated carbocycles. The predicted octanol–water partition coefficient (Wildman–Crippen LogP) is 4.94. The lowest BCUT2D eigenvalue weighted by molar-refractivity contribution is -0.384. The average molecular weight is 431 g/mol. The zero-order valence-corrected chi connectivity index (χ0v) is 16.8. The van der Waals surface area contributed by atoms with Crippen LogP contribution in [-0.4, -0.2) is 23.9 Å². The number of non-ortho nitro benzene ring substituents is 1. The Kier molecular flexibility index (Phi) is 6.26. The van der Waals surface area contributed by atoms with Crippen LogP contribution >= 0.6 is 22.9 Å². The molecule has 1 amide bonds. The van der Waals surface area contributed by atoms with Gasteiger partial charge in [0.2, 0.25) is 5.91 Å². The van der Waals surface area contributed by atoms with Crippen LogP contribution in [-0.2, 0) is 16.0 Å². The van der Waals surface area contributed by atoms with Crippen LogP contribution in [0.1, 0.15) is 15.9 Å². The highest BCUT2D eigenvalue weighted by atomic mass is 35.5. The second-order valence-corrected chi connectivity index (χ2v) is 7.32. The van der Waals surface area contributed by atoms with E-state index in [1.165, 1.54) is 42.7 Å². The SMILES string of the molecule is COC(=O)c1c(-c2ccc(Cl)cc2)csc1NC(=O)Cc1ccc([N+](=O)[O-])cc1. The minimum Gasteiger partial charge on any atom is -0.465 e. The number of benzene rings is 2. The summed E-state index contributed by atoms with van der Waals surface area (Å²) in [4.78, 5) is 35.0. The number of ether oxygens (including phenoxy) is 1. The molecular weight excluding hydrogens is 416 g/mol. The van der Waals surface area contributed by atoms with Crippen LogP contribution in [0, 0.1) is 10.1 Å². The molecule has 0 bridgehead atoms. The first-order chi connectivity index (χ1) is 13.9. The number of amides is 1. The minimum atomic E-state index is -0.568. The third-order valence-electron chi connectivity index (χ3n) is 4.10. The molecule has 1 aromatic heterocycles. The molecule has 29 heavy (non-hydrogen) atoms. The summed E-state index contributed by atoms with van der Waals surface area (Å²) >= 11 is 7.13. The van der Waals surface area contributed by atoms with Crippen molar-refractivity contribution in [2.24, 2.45) is 0 Å². The minimum absolute atomic E-state index is 0.00673. The normalized spacial score (nSPS) is 10.4. The standard InChI is InChI=1S/C20H15ClN2O5S/c1-28-20(25)18-16(13-4-6-14(21)7-5-13)11-29-19(18)22-17(24)10-12-2-8-15(9-3-12)23(26)27/h2-9,11H,10H2,1H3,(H,22,24). The number of esters is 1. The van der Waals surface area contributed by atoms with Gasteiger partial charge in [0, 0.05) is 28.1 Å². The first kappa shape index (κ1) is 20.5. The number of hydrogen-bond acceptors (Lipinski definition) is 6. The number of nitro benzene ring substituents is 1. The maximum atomic E-state index is 12.4. The highest BCUT2D eigenvalue weighted by molar-refractivity contribution is 7.15. The van der Waals surface area contributed by atoms with Crippen molar-refractivity contribution in [3.63, 3.8) is 0 Å². The van der Waals surface area contributed by atoms with Crippen molar-refractivity contribution in [1.82, 2.24) is 0 Å². The summed E-state index contributed by atoms with van der Waals surface area (Å²) in [5.41, 5.74) is 2.22. The second kappa shape index (κ2) is 8.85. The zero-order chi connectivity index (χ0) is 21.0. The molecule has 0 aliphatic rings. The third kappa shape index (κ3) is 4.79. The van der Waals surface area contributed by atoms with E-state index in [4.69, 9.17) is 16.3 Å². The van der Waals surface area contributed by atoms with E-state index in [1.54, 1.807) is 29.6 Å². The molecule has 0 saturated heterocycles. The zero-order valence-electron chi connectivity index (χ0n) is 15.2. The van der Waals surface area contributed by atoms with Crippen LogP contribution in [0.2, 0.25) is 5.02 Å². The molecule has 0 atom stereocenters. The van der Waals surface area contributed by atoms with Gasteiger partial charge in [-0.05, 0) is 23.3 Å². The summed E-state index contributed by atoms with van der Waals surface area (Å²) in [5, 5.41) is 16.2. The number of nitrogens with zero attached hydrogens (tertiary/aromatic N) is 1. The summed E-state index contributed by atoms with van der Waals surface area (Å²) < 4.78 is 4.88. The number of rotatable bonds is 6. The van der Waals surface area contributed by atoms with Crippen molar-refractivity contribution in [3.05, 3.63) is 80.2 Å². The van der Waals surface area contributed by atoms with E-state index in [1.807, 2.05) is 0 Å². The van der Waals surface area contributed by atoms with Gasteiger partial charge in [0.1, 0.15) is 10.6 Å². The van der Waals surface area contributed by atoms with Crippen LogP contribution in [0.3, 0.4) is 0 Å². The molecule has 3 rings (SSSR count). The number of nitro groups is 1. The lowest BCUT2D eigenvalue weighted by atomic mass is 10.0. The lowest BCUT2D eigenvalue weighted by Crippen LogP contribution is -2.16. The molecule has 3 aromatic rings. The van der Waals surface area contributed by atoms with Gasteiger partial charge in [0.15, 0.2) is 0 Å². The topological polar surface area (TPSA) is 98.5 Å². The molecule has 2 aromatic carbocycles. The van der Waals surface area contributed by atoms with Crippen LogP contribution in [0.25, 0.3) is 11.1 Å². The predicted molar refractivity (Wildman–Crippen MR) is 112 cm³/mol. The van der Waals surface area contributed by atoms with E-state index in [-0.39, 0.29) is 23.6 Å². The highest BCUT2D eigenvalue weighted by Crippen LogP contribution is 2.36. The van der Waals surface area contributed by atoms with Crippen molar-refractivity contribution < 1.29 is 19.2 Å². The summed E-state index contributed by atoms with van der Waals surface area (Å²) in [6, 6.07) is 12.7. The van der Waals surface area contributed by atoms with Gasteiger partial charge in [-0.25, -0.2) is 4.79 Å². The lowest BCUT2D eigenvalue weighted by Gasteiger charge is -2.08. The first-order valence-electron chi connectivity index (χ1n) is 8.38. The molecule has 1 heterocycles. The maximum absolute atomic E-state index is 12.4. The molecule has 0 spiro atoms. The van der Waals surface area contributed by atoms with Gasteiger partial charge in [0.05, 0.1) is 18.5 Å². The Morgan fingerprint density at radius 3 is 2.38 bits per heavy atom. The van der Waals surface area contributed by atoms with Crippen molar-refractivity contribution in [2.45, 2.75) is 6.42 Å². The number of nitrogens with one attached hydrogen (secondary N) is 1.